The highest BCUT2D eigenvalue weighted by molar-refractivity contribution is 7.54. The molecule has 0 saturated carbocycles. The number of nitrogens with zero attached hydrogens (tertiary/aromatic N) is 4. The van der Waals surface area contributed by atoms with Gasteiger partial charge in [-0.25, -0.2) is 24.7 Å². The number of benzene rings is 2. The van der Waals surface area contributed by atoms with Crippen molar-refractivity contribution in [2.24, 2.45) is 10.8 Å². The van der Waals surface area contributed by atoms with E-state index in [1.165, 1.54) is 24.9 Å². The molecule has 5 rings (SSSR count). The number of nitrogens with two attached hydrogens (primary N) is 1. The van der Waals surface area contributed by atoms with Crippen molar-refractivity contribution in [3.63, 3.8) is 0 Å². The molecule has 2 aromatic heterocycles. The van der Waals surface area contributed by atoms with Crippen LogP contribution < -0.4 is 20.6 Å². The van der Waals surface area contributed by atoms with Crippen molar-refractivity contribution in [2.75, 3.05) is 32.7 Å². The predicted molar refractivity (Wildman–Crippen MR) is 206 cm³/mol. The molecule has 3 heterocycles. The van der Waals surface area contributed by atoms with Crippen LogP contribution >= 0.6 is 7.67 Å². The van der Waals surface area contributed by atoms with E-state index in [1.807, 2.05) is 41.5 Å². The van der Waals surface area contributed by atoms with Gasteiger partial charge >= 0.3 is 19.6 Å². The van der Waals surface area contributed by atoms with Gasteiger partial charge in [-0.15, -0.1) is 0 Å². The molecule has 0 spiro atoms. The summed E-state index contributed by atoms with van der Waals surface area (Å²) in [5.41, 5.74) is 4.31. The van der Waals surface area contributed by atoms with Gasteiger partial charge in [-0.1, -0.05) is 102 Å². The number of aliphatic hydroxyl groups excluding tert-OH is 1. The molecule has 1 aliphatic rings. The molecule has 0 aliphatic carbocycles. The fourth-order valence-corrected chi connectivity index (χ4v) is 7.56. The molecule has 1 fully saturated rings. The van der Waals surface area contributed by atoms with Crippen LogP contribution in [0.1, 0.15) is 77.9 Å². The lowest BCUT2D eigenvalue weighted by Gasteiger charge is -2.31. The van der Waals surface area contributed by atoms with Crippen molar-refractivity contribution < 1.29 is 47.8 Å². The van der Waals surface area contributed by atoms with Gasteiger partial charge in [0.2, 0.25) is 11.8 Å². The molecule has 2 aromatic carbocycles. The molecule has 6 unspecified atom stereocenters. The van der Waals surface area contributed by atoms with Crippen LogP contribution in [0.25, 0.3) is 11.2 Å². The van der Waals surface area contributed by atoms with Crippen LogP contribution in [0.5, 0.6) is 5.88 Å². The number of nitrogen functional groups attached to an aromatic ring is 1. The Balaban J connectivity index is 1.51. The number of nitrogens with one attached hydrogen (secondary N) is 2. The lowest BCUT2D eigenvalue weighted by atomic mass is 9.96. The summed E-state index contributed by atoms with van der Waals surface area (Å²) in [4.78, 5) is 40.2. The second-order valence-corrected chi connectivity index (χ2v) is 18.1. The minimum atomic E-state index is -4.60. The first kappa shape index (κ1) is 42.7. The number of hydrogen-bond donors (Lipinski definition) is 5. The summed E-state index contributed by atoms with van der Waals surface area (Å²) in [6, 6.07) is 14.2. The normalized spacial score (nSPS) is 22.3. The zero-order valence-corrected chi connectivity index (χ0v) is 33.7. The van der Waals surface area contributed by atoms with Gasteiger partial charge in [-0.2, -0.15) is 9.97 Å². The molecule has 6 N–H and O–H groups in total. The van der Waals surface area contributed by atoms with Crippen LogP contribution in [0.4, 0.5) is 5.95 Å². The van der Waals surface area contributed by atoms with Crippen LogP contribution in [0.15, 0.2) is 67.0 Å². The number of aromatic nitrogens is 4. The molecule has 4 aromatic rings. The van der Waals surface area contributed by atoms with Gasteiger partial charge in [0.15, 0.2) is 17.4 Å². The summed E-state index contributed by atoms with van der Waals surface area (Å²) in [6.07, 6.45) is -2.92. The number of ether oxygens (including phenoxy) is 4. The maximum Gasteiger partial charge on any atom is 0.342 e. The molecule has 6 atom stereocenters. The van der Waals surface area contributed by atoms with Gasteiger partial charge in [-0.3, -0.25) is 9.13 Å². The topological polar surface area (TPSA) is 231 Å². The number of hydrogen-bond acceptors (Lipinski definition) is 14. The van der Waals surface area contributed by atoms with Crippen LogP contribution in [0.3, 0.4) is 0 Å². The summed E-state index contributed by atoms with van der Waals surface area (Å²) in [6.45, 7) is 12.2. The Bertz CT molecular complexity index is 1940. The van der Waals surface area contributed by atoms with Crippen molar-refractivity contribution in [3.8, 4) is 5.88 Å². The second-order valence-electron chi connectivity index (χ2n) is 16.2. The van der Waals surface area contributed by atoms with Crippen LogP contribution in [-0.4, -0.2) is 86.4 Å². The minimum absolute atomic E-state index is 0.0468. The molecular weight excluding hydrogens is 745 g/mol. The number of fused-ring (bicyclic) bond motifs is 1. The van der Waals surface area contributed by atoms with E-state index in [4.69, 9.17) is 29.2 Å². The molecule has 56 heavy (non-hydrogen) atoms. The van der Waals surface area contributed by atoms with Gasteiger partial charge < -0.3 is 39.4 Å². The van der Waals surface area contributed by atoms with Gasteiger partial charge in [-0.05, 0) is 28.9 Å². The minimum Gasteiger partial charge on any atom is -0.479 e. The number of anilines is 1. The van der Waals surface area contributed by atoms with Gasteiger partial charge in [0, 0.05) is 0 Å². The number of imidazole rings is 1. The SMILES string of the molecule is COc1nc(N)nc2c1ncn2C1OC(COP(=O)(NC(C(=O)OCC(C)(C)C)c2ccccc2)NC(C(=O)OCC(C)(C)C)c2ccccc2)C(O)C1(C)O. The van der Waals surface area contributed by atoms with Crippen molar-refractivity contribution in [1.29, 1.82) is 0 Å². The van der Waals surface area contributed by atoms with E-state index in [1.54, 1.807) is 60.7 Å². The van der Waals surface area contributed by atoms with E-state index in [-0.39, 0.29) is 36.2 Å². The molecule has 0 radical (unpaired) electrons. The number of aliphatic hydroxyl groups is 2. The summed E-state index contributed by atoms with van der Waals surface area (Å²) < 4.78 is 45.6. The first-order chi connectivity index (χ1) is 26.2. The van der Waals surface area contributed by atoms with Crippen molar-refractivity contribution >= 4 is 36.7 Å². The Morgan fingerprint density at radius 3 is 1.89 bits per heavy atom. The fourth-order valence-electron chi connectivity index (χ4n) is 5.79. The Morgan fingerprint density at radius 2 is 1.43 bits per heavy atom. The zero-order chi connectivity index (χ0) is 41.1. The molecule has 1 saturated heterocycles. The van der Waals surface area contributed by atoms with Gasteiger partial charge in [0.1, 0.15) is 29.9 Å². The molecule has 304 valence electrons. The third kappa shape index (κ3) is 10.3. The first-order valence-corrected chi connectivity index (χ1v) is 19.7. The van der Waals surface area contributed by atoms with Crippen molar-refractivity contribution in [2.45, 2.75) is 84.6 Å². The average Bonchev–Trinajstić information content (AvgIpc) is 3.66. The molecule has 0 amide bonds. The summed E-state index contributed by atoms with van der Waals surface area (Å²) in [7, 11) is -3.22. The lowest BCUT2D eigenvalue weighted by molar-refractivity contribution is -0.149. The second kappa shape index (κ2) is 16.9. The Labute approximate surface area is 325 Å². The van der Waals surface area contributed by atoms with E-state index in [0.717, 1.165) is 0 Å². The smallest absolute Gasteiger partial charge is 0.342 e. The Morgan fingerprint density at radius 1 is 0.929 bits per heavy atom. The van der Waals surface area contributed by atoms with E-state index in [2.05, 4.69) is 25.1 Å². The maximum atomic E-state index is 15.3. The van der Waals surface area contributed by atoms with Crippen molar-refractivity contribution in [1.82, 2.24) is 29.7 Å². The first-order valence-electron chi connectivity index (χ1n) is 18.0. The molecule has 18 heteroatoms. The van der Waals surface area contributed by atoms with E-state index in [0.29, 0.717) is 11.1 Å². The zero-order valence-electron chi connectivity index (χ0n) is 32.8. The number of rotatable bonds is 15. The summed E-state index contributed by atoms with van der Waals surface area (Å²) in [5, 5.41) is 28.7. The highest BCUT2D eigenvalue weighted by Crippen LogP contribution is 2.47. The number of carbonyl (C=O) groups is 2. The quantitative estimate of drug-likeness (QED) is 0.0829. The van der Waals surface area contributed by atoms with E-state index >= 15 is 4.57 Å². The van der Waals surface area contributed by atoms with Gasteiger partial charge in [0.05, 0.1) is 33.3 Å². The average molecular weight is 798 g/mol. The molecule has 0 bridgehead atoms. The van der Waals surface area contributed by atoms with E-state index in [9.17, 15) is 19.8 Å². The molecular formula is C38H52N7O10P. The van der Waals surface area contributed by atoms with Crippen LogP contribution in [0, 0.1) is 10.8 Å². The van der Waals surface area contributed by atoms with E-state index < -0.39 is 73.2 Å². The molecule has 1 aliphatic heterocycles. The van der Waals surface area contributed by atoms with Gasteiger partial charge in [0.25, 0.3) is 0 Å². The highest BCUT2D eigenvalue weighted by Gasteiger charge is 2.54. The van der Waals surface area contributed by atoms with Crippen LogP contribution in [-0.2, 0) is 32.9 Å². The standard InChI is InChI=1S/C38H52N7O10P/c1-36(2,3)20-52-32(47)26(23-15-11-9-12-16-23)43-56(50,44-27(24-17-13-10-14-18-24)33(48)53-21-37(4,5)6)54-19-25-29(46)38(7,49)34(55-25)45-22-40-28-30(45)41-35(39)42-31(28)51-8/h9-18,22,25-27,29,34,46,49H,19-21H2,1-8H3,(H2,39,41,42)(H2,43,44,50). The fraction of sp³-hybridized carbons (Fsp3) is 0.500. The highest BCUT2D eigenvalue weighted by atomic mass is 31.2. The third-order valence-corrected chi connectivity index (χ3v) is 10.4. The lowest BCUT2D eigenvalue weighted by Crippen LogP contribution is -2.45. The number of esters is 2. The summed E-state index contributed by atoms with van der Waals surface area (Å²) >= 11 is 0. The Hall–Kier alpha value is -4.48. The number of methoxy groups -OCH3 is 1. The predicted octanol–water partition coefficient (Wildman–Crippen LogP) is 4.39. The largest absolute Gasteiger partial charge is 0.479 e. The molecule has 17 nitrogen and oxygen atoms in total. The monoisotopic (exact) mass is 797 g/mol. The maximum absolute atomic E-state index is 15.3. The third-order valence-electron chi connectivity index (χ3n) is 8.66. The Kier molecular flexibility index (Phi) is 12.9. The number of carbonyl (C=O) groups excluding carboxylic acids is 2. The van der Waals surface area contributed by atoms with Crippen LogP contribution in [0.2, 0.25) is 0 Å². The van der Waals surface area contributed by atoms with Crippen molar-refractivity contribution in [3.05, 3.63) is 78.1 Å². The summed E-state index contributed by atoms with van der Waals surface area (Å²) in [5.74, 6) is -1.56.